The number of urea groups is 1. The summed E-state index contributed by atoms with van der Waals surface area (Å²) in [6, 6.07) is 14.6. The summed E-state index contributed by atoms with van der Waals surface area (Å²) in [6.45, 7) is 0.998. The van der Waals surface area contributed by atoms with Crippen molar-refractivity contribution in [3.05, 3.63) is 63.6 Å². The van der Waals surface area contributed by atoms with E-state index in [0.717, 1.165) is 10.0 Å². The van der Waals surface area contributed by atoms with Gasteiger partial charge in [0.2, 0.25) is 0 Å². The van der Waals surface area contributed by atoms with Crippen LogP contribution in [0.25, 0.3) is 0 Å². The fourth-order valence-electron chi connectivity index (χ4n) is 2.90. The van der Waals surface area contributed by atoms with E-state index in [1.807, 2.05) is 24.3 Å². The summed E-state index contributed by atoms with van der Waals surface area (Å²) in [4.78, 5) is 14.1. The number of benzene rings is 2. The Hall–Kier alpha value is -1.56. The Morgan fingerprint density at radius 1 is 1.17 bits per heavy atom. The minimum atomic E-state index is -0.881. The number of likely N-dealkylation sites (tertiary alicyclic amines) is 1. The largest absolute Gasteiger partial charge is 0.385 e. The zero-order valence-electron chi connectivity index (χ0n) is 13.0. The average molecular weight is 410 g/mol. The molecule has 0 saturated carbocycles. The molecule has 0 aliphatic carbocycles. The fourth-order valence-corrected chi connectivity index (χ4v) is 3.35. The van der Waals surface area contributed by atoms with E-state index in [0.29, 0.717) is 36.6 Å². The van der Waals surface area contributed by atoms with E-state index in [1.54, 1.807) is 29.2 Å². The molecule has 0 aromatic heterocycles. The summed E-state index contributed by atoms with van der Waals surface area (Å²) in [5.74, 6) is 0. The van der Waals surface area contributed by atoms with Gasteiger partial charge in [-0.3, -0.25) is 0 Å². The molecule has 1 heterocycles. The summed E-state index contributed by atoms with van der Waals surface area (Å²) in [5, 5.41) is 14.3. The Bertz CT molecular complexity index is 728. The maximum atomic E-state index is 12.4. The molecule has 1 aliphatic rings. The van der Waals surface area contributed by atoms with Crippen LogP contribution in [-0.4, -0.2) is 29.1 Å². The van der Waals surface area contributed by atoms with Gasteiger partial charge >= 0.3 is 6.03 Å². The van der Waals surface area contributed by atoms with Gasteiger partial charge in [-0.2, -0.15) is 0 Å². The second-order valence-electron chi connectivity index (χ2n) is 5.97. The predicted octanol–water partition coefficient (Wildman–Crippen LogP) is 4.62. The Morgan fingerprint density at radius 2 is 1.83 bits per heavy atom. The molecule has 0 radical (unpaired) electrons. The topological polar surface area (TPSA) is 52.6 Å². The molecule has 2 N–H and O–H groups in total. The Labute approximate surface area is 154 Å². The Kier molecular flexibility index (Phi) is 5.13. The van der Waals surface area contributed by atoms with Crippen molar-refractivity contribution >= 4 is 39.2 Å². The maximum absolute atomic E-state index is 12.4. The van der Waals surface area contributed by atoms with Gasteiger partial charge in [-0.25, -0.2) is 4.79 Å². The number of anilines is 1. The number of nitrogens with one attached hydrogen (secondary N) is 1. The average Bonchev–Trinajstić information content (AvgIpc) is 2.56. The monoisotopic (exact) mass is 408 g/mol. The molecule has 2 amide bonds. The molecule has 2 aromatic carbocycles. The quantitative estimate of drug-likeness (QED) is 0.760. The molecule has 0 spiro atoms. The number of carbonyl (C=O) groups is 1. The van der Waals surface area contributed by atoms with Gasteiger partial charge in [0, 0.05) is 28.3 Å². The first-order valence-electron chi connectivity index (χ1n) is 7.76. The molecule has 24 heavy (non-hydrogen) atoms. The third-order valence-electron chi connectivity index (χ3n) is 4.34. The van der Waals surface area contributed by atoms with Crippen LogP contribution in [0.5, 0.6) is 0 Å². The number of carbonyl (C=O) groups excluding carboxylic acids is 1. The molecule has 4 nitrogen and oxygen atoms in total. The highest BCUT2D eigenvalue weighted by Gasteiger charge is 2.35. The Morgan fingerprint density at radius 3 is 2.46 bits per heavy atom. The van der Waals surface area contributed by atoms with Crippen LogP contribution in [0.15, 0.2) is 53.0 Å². The lowest BCUT2D eigenvalue weighted by Crippen LogP contribution is -2.46. The van der Waals surface area contributed by atoms with Crippen LogP contribution in [-0.2, 0) is 5.60 Å². The summed E-state index contributed by atoms with van der Waals surface area (Å²) in [6.07, 6.45) is 1.02. The van der Waals surface area contributed by atoms with Crippen molar-refractivity contribution in [2.75, 3.05) is 18.4 Å². The van der Waals surface area contributed by atoms with Gasteiger partial charge in [-0.1, -0.05) is 45.7 Å². The summed E-state index contributed by atoms with van der Waals surface area (Å²) in [7, 11) is 0. The highest BCUT2D eigenvalue weighted by molar-refractivity contribution is 9.10. The van der Waals surface area contributed by atoms with Crippen LogP contribution >= 0.6 is 27.5 Å². The summed E-state index contributed by atoms with van der Waals surface area (Å²) >= 11 is 9.33. The number of halogens is 2. The molecule has 2 aromatic rings. The lowest BCUT2D eigenvalue weighted by Gasteiger charge is -2.38. The number of amides is 2. The molecule has 6 heteroatoms. The van der Waals surface area contributed by atoms with E-state index in [2.05, 4.69) is 21.2 Å². The number of aliphatic hydroxyl groups is 1. The minimum absolute atomic E-state index is 0.171. The zero-order valence-corrected chi connectivity index (χ0v) is 15.3. The van der Waals surface area contributed by atoms with Crippen molar-refractivity contribution in [2.45, 2.75) is 18.4 Å². The lowest BCUT2D eigenvalue weighted by molar-refractivity contribution is -0.0157. The van der Waals surface area contributed by atoms with Crippen molar-refractivity contribution < 1.29 is 9.90 Å². The smallest absolute Gasteiger partial charge is 0.321 e. The van der Waals surface area contributed by atoms with Crippen LogP contribution < -0.4 is 5.32 Å². The second kappa shape index (κ2) is 7.13. The SMILES string of the molecule is O=C(Nc1cccc(Cl)c1)N1CCC(O)(c2ccc(Br)cc2)CC1. The lowest BCUT2D eigenvalue weighted by atomic mass is 9.84. The van der Waals surface area contributed by atoms with Gasteiger partial charge in [0.15, 0.2) is 0 Å². The van der Waals surface area contributed by atoms with E-state index >= 15 is 0 Å². The van der Waals surface area contributed by atoms with Gasteiger partial charge in [0.05, 0.1) is 5.60 Å². The second-order valence-corrected chi connectivity index (χ2v) is 7.32. The van der Waals surface area contributed by atoms with Crippen molar-refractivity contribution in [2.24, 2.45) is 0 Å². The first kappa shape index (κ1) is 17.3. The van der Waals surface area contributed by atoms with E-state index in [-0.39, 0.29) is 6.03 Å². The molecule has 1 aliphatic heterocycles. The number of piperidine rings is 1. The van der Waals surface area contributed by atoms with Crippen molar-refractivity contribution in [3.8, 4) is 0 Å². The van der Waals surface area contributed by atoms with E-state index in [4.69, 9.17) is 11.6 Å². The molecule has 0 bridgehead atoms. The van der Waals surface area contributed by atoms with Crippen molar-refractivity contribution in [1.29, 1.82) is 0 Å². The zero-order chi connectivity index (χ0) is 17.2. The Balaban J connectivity index is 1.62. The van der Waals surface area contributed by atoms with Crippen LogP contribution in [0.4, 0.5) is 10.5 Å². The van der Waals surface area contributed by atoms with Gasteiger partial charge in [-0.15, -0.1) is 0 Å². The molecular formula is C18H18BrClN2O2. The molecule has 1 saturated heterocycles. The molecule has 126 valence electrons. The van der Waals surface area contributed by atoms with Crippen molar-refractivity contribution in [3.63, 3.8) is 0 Å². The van der Waals surface area contributed by atoms with Crippen LogP contribution in [0.2, 0.25) is 5.02 Å². The third-order valence-corrected chi connectivity index (χ3v) is 5.10. The number of hydrogen-bond acceptors (Lipinski definition) is 2. The summed E-state index contributed by atoms with van der Waals surface area (Å²) < 4.78 is 0.980. The van der Waals surface area contributed by atoms with Gasteiger partial charge in [0.25, 0.3) is 0 Å². The molecular weight excluding hydrogens is 392 g/mol. The number of nitrogens with zero attached hydrogens (tertiary/aromatic N) is 1. The maximum Gasteiger partial charge on any atom is 0.321 e. The van der Waals surface area contributed by atoms with E-state index in [1.165, 1.54) is 0 Å². The fraction of sp³-hybridized carbons (Fsp3) is 0.278. The molecule has 1 fully saturated rings. The first-order valence-corrected chi connectivity index (χ1v) is 8.93. The number of rotatable bonds is 2. The molecule has 0 atom stereocenters. The summed E-state index contributed by atoms with van der Waals surface area (Å²) in [5.41, 5.74) is 0.676. The van der Waals surface area contributed by atoms with E-state index < -0.39 is 5.60 Å². The highest BCUT2D eigenvalue weighted by atomic mass is 79.9. The van der Waals surface area contributed by atoms with Crippen LogP contribution in [0.1, 0.15) is 18.4 Å². The van der Waals surface area contributed by atoms with E-state index in [9.17, 15) is 9.90 Å². The first-order chi connectivity index (χ1) is 11.5. The van der Waals surface area contributed by atoms with Crippen LogP contribution in [0.3, 0.4) is 0 Å². The standard InChI is InChI=1S/C18H18BrClN2O2/c19-14-6-4-13(5-7-14)18(24)8-10-22(11-9-18)17(23)21-16-3-1-2-15(20)12-16/h1-7,12,24H,8-11H2,(H,21,23). The third kappa shape index (κ3) is 3.91. The minimum Gasteiger partial charge on any atom is -0.385 e. The highest BCUT2D eigenvalue weighted by Crippen LogP contribution is 2.33. The van der Waals surface area contributed by atoms with Gasteiger partial charge in [-0.05, 0) is 48.7 Å². The van der Waals surface area contributed by atoms with Gasteiger partial charge < -0.3 is 15.3 Å². The molecule has 3 rings (SSSR count). The van der Waals surface area contributed by atoms with Crippen LogP contribution in [0, 0.1) is 0 Å². The normalized spacial score (nSPS) is 16.7. The van der Waals surface area contributed by atoms with Gasteiger partial charge in [0.1, 0.15) is 0 Å². The van der Waals surface area contributed by atoms with Crippen molar-refractivity contribution in [1.82, 2.24) is 4.90 Å². The number of hydrogen-bond donors (Lipinski definition) is 2. The predicted molar refractivity (Wildman–Crippen MR) is 99.3 cm³/mol. The molecule has 0 unspecified atom stereocenters.